The van der Waals surface area contributed by atoms with Crippen LogP contribution in [0, 0.1) is 5.92 Å². The zero-order valence-electron chi connectivity index (χ0n) is 22.9. The summed E-state index contributed by atoms with van der Waals surface area (Å²) in [4.78, 5) is 0. The summed E-state index contributed by atoms with van der Waals surface area (Å²) in [6.45, 7) is 12.3. The van der Waals surface area contributed by atoms with E-state index in [1.165, 1.54) is 21.5 Å². The zero-order valence-corrected chi connectivity index (χ0v) is 23.9. The Morgan fingerprint density at radius 2 is 1.58 bits per heavy atom. The average Bonchev–Trinajstić information content (AvgIpc) is 3.38. The summed E-state index contributed by atoms with van der Waals surface area (Å²) in [6.07, 6.45) is 16.0. The molecule has 36 heavy (non-hydrogen) atoms. The highest BCUT2D eigenvalue weighted by Gasteiger charge is 2.49. The molecule has 0 spiro atoms. The van der Waals surface area contributed by atoms with Crippen molar-refractivity contribution in [3.05, 3.63) is 109 Å². The molecule has 0 amide bonds. The molecule has 3 heteroatoms. The van der Waals surface area contributed by atoms with E-state index in [1.807, 2.05) is 6.26 Å². The van der Waals surface area contributed by atoms with Crippen molar-refractivity contribution in [1.82, 2.24) is 0 Å². The first-order chi connectivity index (χ1) is 17.3. The number of allylic oxidation sites excluding steroid dienone is 4. The molecule has 1 aromatic heterocycles. The van der Waals surface area contributed by atoms with Crippen LogP contribution in [0.1, 0.15) is 65.9 Å². The van der Waals surface area contributed by atoms with Crippen molar-refractivity contribution in [1.29, 1.82) is 0 Å². The summed E-state index contributed by atoms with van der Waals surface area (Å²) in [6, 6.07) is 23.9. The van der Waals surface area contributed by atoms with Crippen molar-refractivity contribution >= 4 is 18.7 Å². The second kappa shape index (κ2) is 13.6. The van der Waals surface area contributed by atoms with Crippen LogP contribution in [0.2, 0.25) is 5.04 Å². The summed E-state index contributed by atoms with van der Waals surface area (Å²) in [5, 5.41) is 2.73. The van der Waals surface area contributed by atoms with Crippen LogP contribution in [-0.4, -0.2) is 14.9 Å². The van der Waals surface area contributed by atoms with Gasteiger partial charge in [-0.3, -0.25) is 0 Å². The van der Waals surface area contributed by atoms with Gasteiger partial charge in [-0.2, -0.15) is 0 Å². The van der Waals surface area contributed by atoms with Gasteiger partial charge in [0.1, 0.15) is 0 Å². The molecule has 0 saturated carbocycles. The molecule has 1 unspecified atom stereocenters. The molecule has 0 aliphatic carbocycles. The molecule has 0 aliphatic rings. The van der Waals surface area contributed by atoms with Crippen molar-refractivity contribution in [2.24, 2.45) is 5.92 Å². The first kappa shape index (κ1) is 28.0. The van der Waals surface area contributed by atoms with Crippen LogP contribution in [0.3, 0.4) is 0 Å². The van der Waals surface area contributed by atoms with Crippen LogP contribution >= 0.6 is 0 Å². The molecule has 2 nitrogen and oxygen atoms in total. The monoisotopic (exact) mass is 500 g/mol. The van der Waals surface area contributed by atoms with E-state index >= 15 is 0 Å². The van der Waals surface area contributed by atoms with Crippen molar-refractivity contribution in [2.45, 2.75) is 71.8 Å². The van der Waals surface area contributed by atoms with Gasteiger partial charge in [0, 0.05) is 6.61 Å². The molecule has 0 bridgehead atoms. The molecule has 0 aliphatic heterocycles. The summed E-state index contributed by atoms with van der Waals surface area (Å²) < 4.78 is 12.2. The number of benzene rings is 2. The minimum absolute atomic E-state index is 0.0289. The molecule has 0 fully saturated rings. The van der Waals surface area contributed by atoms with Crippen LogP contribution in [-0.2, 0) is 10.8 Å². The van der Waals surface area contributed by atoms with Crippen molar-refractivity contribution in [3.63, 3.8) is 0 Å². The highest BCUT2D eigenvalue weighted by atomic mass is 28.4. The van der Waals surface area contributed by atoms with Gasteiger partial charge in [0.25, 0.3) is 8.32 Å². The molecular weight excluding hydrogens is 456 g/mol. The highest BCUT2D eigenvalue weighted by Crippen LogP contribution is 2.36. The topological polar surface area (TPSA) is 22.4 Å². The Kier molecular flexibility index (Phi) is 10.6. The van der Waals surface area contributed by atoms with E-state index in [4.69, 9.17) is 8.84 Å². The molecule has 0 radical (unpaired) electrons. The Labute approximate surface area is 220 Å². The van der Waals surface area contributed by atoms with Crippen LogP contribution in [0.4, 0.5) is 0 Å². The van der Waals surface area contributed by atoms with Gasteiger partial charge in [0.15, 0.2) is 0 Å². The fraction of sp³-hybridized carbons (Fsp3) is 0.394. The van der Waals surface area contributed by atoms with E-state index in [0.717, 1.165) is 38.7 Å². The lowest BCUT2D eigenvalue weighted by molar-refractivity contribution is 0.283. The lowest BCUT2D eigenvalue weighted by Crippen LogP contribution is -2.66. The predicted molar refractivity (Wildman–Crippen MR) is 157 cm³/mol. The number of hydrogen-bond acceptors (Lipinski definition) is 2. The summed E-state index contributed by atoms with van der Waals surface area (Å²) in [5.41, 5.74) is 2.71. The zero-order chi connectivity index (χ0) is 25.9. The standard InChI is InChI=1S/C33H44O2Si/c1-28(17-13-19-30-24-26-34-27-30)15-12-16-29(2)18-14-25-35-36(33(3,4)5,31-20-8-6-9-21-31)32-22-10-7-11-23-32/h6-12,15-16,20-24,26-27,29H,13-14,17-19,25H2,1-5H3. The fourth-order valence-electron chi connectivity index (χ4n) is 4.99. The SMILES string of the molecule is CC(=CC=CC(C)CCCO[Si](c1ccccc1)(c1ccccc1)C(C)(C)C)CCCc1ccoc1. The van der Waals surface area contributed by atoms with Gasteiger partial charge in [0.2, 0.25) is 0 Å². The van der Waals surface area contributed by atoms with E-state index in [2.05, 4.69) is 120 Å². The molecular formula is C33H44O2Si. The van der Waals surface area contributed by atoms with Gasteiger partial charge < -0.3 is 8.84 Å². The number of furan rings is 1. The van der Waals surface area contributed by atoms with E-state index in [0.29, 0.717) is 5.92 Å². The molecule has 0 saturated heterocycles. The lowest BCUT2D eigenvalue weighted by Gasteiger charge is -2.43. The van der Waals surface area contributed by atoms with Crippen molar-refractivity contribution in [2.75, 3.05) is 6.61 Å². The van der Waals surface area contributed by atoms with Crippen molar-refractivity contribution < 1.29 is 8.84 Å². The molecule has 1 heterocycles. The van der Waals surface area contributed by atoms with E-state index < -0.39 is 8.32 Å². The van der Waals surface area contributed by atoms with Gasteiger partial charge in [-0.1, -0.05) is 112 Å². The summed E-state index contributed by atoms with van der Waals surface area (Å²) >= 11 is 0. The summed E-state index contributed by atoms with van der Waals surface area (Å²) in [7, 11) is -2.43. The second-order valence-electron chi connectivity index (χ2n) is 11.0. The maximum atomic E-state index is 7.03. The third-order valence-electron chi connectivity index (χ3n) is 6.98. The molecule has 0 N–H and O–H groups in total. The van der Waals surface area contributed by atoms with Gasteiger partial charge >= 0.3 is 0 Å². The Morgan fingerprint density at radius 3 is 2.14 bits per heavy atom. The number of hydrogen-bond donors (Lipinski definition) is 0. The minimum atomic E-state index is -2.43. The third-order valence-corrected chi connectivity index (χ3v) is 12.0. The van der Waals surface area contributed by atoms with Crippen molar-refractivity contribution in [3.8, 4) is 0 Å². The van der Waals surface area contributed by atoms with E-state index in [9.17, 15) is 0 Å². The normalized spacial score (nSPS) is 13.9. The minimum Gasteiger partial charge on any atom is -0.472 e. The molecule has 1 atom stereocenters. The third kappa shape index (κ3) is 7.69. The molecule has 2 aromatic carbocycles. The van der Waals surface area contributed by atoms with Crippen LogP contribution in [0.5, 0.6) is 0 Å². The van der Waals surface area contributed by atoms with E-state index in [1.54, 1.807) is 6.26 Å². The molecule has 192 valence electrons. The average molecular weight is 501 g/mol. The van der Waals surface area contributed by atoms with Gasteiger partial charge in [-0.15, -0.1) is 0 Å². The first-order valence-electron chi connectivity index (χ1n) is 13.4. The van der Waals surface area contributed by atoms with Crippen LogP contribution in [0.25, 0.3) is 0 Å². The Balaban J connectivity index is 1.55. The number of rotatable bonds is 13. The molecule has 3 rings (SSSR count). The quantitative estimate of drug-likeness (QED) is 0.134. The Morgan fingerprint density at radius 1 is 0.944 bits per heavy atom. The van der Waals surface area contributed by atoms with Gasteiger partial charge in [-0.25, -0.2) is 0 Å². The second-order valence-corrected chi connectivity index (χ2v) is 15.3. The van der Waals surface area contributed by atoms with Gasteiger partial charge in [-0.05, 0) is 72.0 Å². The lowest BCUT2D eigenvalue weighted by atomic mass is 10.0. The summed E-state index contributed by atoms with van der Waals surface area (Å²) in [5.74, 6) is 0.530. The molecule has 3 aromatic rings. The fourth-order valence-corrected chi connectivity index (χ4v) is 9.59. The maximum Gasteiger partial charge on any atom is 0.261 e. The van der Waals surface area contributed by atoms with Crippen LogP contribution < -0.4 is 10.4 Å². The van der Waals surface area contributed by atoms with Crippen LogP contribution in [0.15, 0.2) is 107 Å². The van der Waals surface area contributed by atoms with Gasteiger partial charge in [0.05, 0.1) is 12.5 Å². The smallest absolute Gasteiger partial charge is 0.261 e. The first-order valence-corrected chi connectivity index (χ1v) is 15.3. The number of aryl methyl sites for hydroxylation is 1. The Hall–Kier alpha value is -2.62. The Bertz CT molecular complexity index is 1020. The largest absolute Gasteiger partial charge is 0.472 e. The maximum absolute atomic E-state index is 7.03. The highest BCUT2D eigenvalue weighted by molar-refractivity contribution is 6.99. The van der Waals surface area contributed by atoms with E-state index in [-0.39, 0.29) is 5.04 Å². The predicted octanol–water partition coefficient (Wildman–Crippen LogP) is 8.10.